The van der Waals surface area contributed by atoms with E-state index in [2.05, 4.69) is 35.7 Å². The van der Waals surface area contributed by atoms with Crippen LogP contribution in [0.5, 0.6) is 11.5 Å². The molecule has 4 bridgehead atoms. The molecule has 5 aromatic rings. The zero-order valence-corrected chi connectivity index (χ0v) is 59.1. The summed E-state index contributed by atoms with van der Waals surface area (Å²) in [5.41, 5.74) is 26.5. The molecular formula is C75H95Cl3N6O11. The van der Waals surface area contributed by atoms with Gasteiger partial charge in [-0.1, -0.05) is 130 Å². The van der Waals surface area contributed by atoms with Crippen molar-refractivity contribution in [2.45, 2.75) is 163 Å². The maximum atomic E-state index is 14.7. The first kappa shape index (κ1) is 79.8. The largest absolute Gasteiger partial charge is 0.492 e. The molecule has 0 aliphatic carbocycles. The van der Waals surface area contributed by atoms with Crippen molar-refractivity contribution in [3.05, 3.63) is 149 Å². The third-order valence-corrected chi connectivity index (χ3v) is 17.0. The van der Waals surface area contributed by atoms with Crippen molar-refractivity contribution < 1.29 is 52.5 Å². The SMILES string of the molecule is CCCCCC#Cc1cc(C)c(C(=O)OC)c(Cl)c1.CCCCCCCc1cc(C)c(C(=O)C[C@@H](CCN)C(=O)N(C)[C@@H]2C(=O)C[C@@H](C)C(=O)N[C@H](C(=O)CCC#N)Cc3ccc(OCCN)c(c3)-c3cc2ccc3OCCN)c(Cl)c1.COC(=O)c1c(C)cc(C)cc1Cl. The number of esters is 2. The molecule has 17 nitrogen and oxygen atoms in total. The summed E-state index contributed by atoms with van der Waals surface area (Å²) >= 11 is 18.8. The predicted molar refractivity (Wildman–Crippen MR) is 376 cm³/mol. The molecule has 0 unspecified atom stereocenters. The smallest absolute Gasteiger partial charge is 0.339 e. The van der Waals surface area contributed by atoms with Crippen LogP contribution in [0.2, 0.25) is 15.1 Å². The number of carbonyl (C=O) groups excluding carboxylic acids is 7. The van der Waals surface area contributed by atoms with E-state index in [1.54, 1.807) is 49.4 Å². The van der Waals surface area contributed by atoms with Crippen LogP contribution in [0.4, 0.5) is 0 Å². The summed E-state index contributed by atoms with van der Waals surface area (Å²) in [6.07, 6.45) is 10.6. The first-order chi connectivity index (χ1) is 45.4. The number of carbonyl (C=O) groups is 7. The lowest BCUT2D eigenvalue weighted by Gasteiger charge is -2.32. The first-order valence-electron chi connectivity index (χ1n) is 32.6. The lowest BCUT2D eigenvalue weighted by Crippen LogP contribution is -2.46. The number of aryl methyl sites for hydroxylation is 5. The Morgan fingerprint density at radius 3 is 1.84 bits per heavy atom. The van der Waals surface area contributed by atoms with Gasteiger partial charge in [0.05, 0.1) is 52.5 Å². The number of nitrogens with one attached hydrogen (secondary N) is 1. The van der Waals surface area contributed by atoms with Crippen LogP contribution in [-0.4, -0.2) is 106 Å². The van der Waals surface area contributed by atoms with E-state index in [0.717, 1.165) is 71.9 Å². The lowest BCUT2D eigenvalue weighted by atomic mass is 9.87. The van der Waals surface area contributed by atoms with Crippen molar-refractivity contribution in [2.24, 2.45) is 29.0 Å². The second-order valence-corrected chi connectivity index (χ2v) is 25.1. The number of halogens is 3. The number of hydrogen-bond acceptors (Lipinski definition) is 15. The molecule has 0 aromatic heterocycles. The van der Waals surface area contributed by atoms with Gasteiger partial charge in [0.25, 0.3) is 0 Å². The molecule has 0 saturated carbocycles. The highest BCUT2D eigenvalue weighted by Gasteiger charge is 2.37. The number of benzene rings is 5. The van der Waals surface area contributed by atoms with Gasteiger partial charge in [0.2, 0.25) is 11.8 Å². The zero-order chi connectivity index (χ0) is 70.3. The molecule has 7 N–H and O–H groups in total. The van der Waals surface area contributed by atoms with Gasteiger partial charge in [0.15, 0.2) is 17.3 Å². The molecule has 0 spiro atoms. The van der Waals surface area contributed by atoms with Crippen LogP contribution in [0.3, 0.4) is 0 Å². The number of nitriles is 1. The fourth-order valence-electron chi connectivity index (χ4n) is 11.3. The number of Topliss-reactive ketones (excluding diaryl/α,β-unsaturated/α-hetero) is 3. The Balaban J connectivity index is 0.000000484. The van der Waals surface area contributed by atoms with E-state index in [0.29, 0.717) is 65.5 Å². The first-order valence-corrected chi connectivity index (χ1v) is 33.7. The van der Waals surface area contributed by atoms with Crippen LogP contribution in [0.25, 0.3) is 11.1 Å². The van der Waals surface area contributed by atoms with E-state index in [4.69, 9.17) is 66.2 Å². The molecular weight excluding hydrogens is 1270 g/mol. The molecule has 1 aliphatic rings. The van der Waals surface area contributed by atoms with Gasteiger partial charge in [0, 0.05) is 86.3 Å². The lowest BCUT2D eigenvalue weighted by molar-refractivity contribution is -0.142. The fourth-order valence-corrected chi connectivity index (χ4v) is 12.4. The molecule has 2 amide bonds. The maximum Gasteiger partial charge on any atom is 0.339 e. The van der Waals surface area contributed by atoms with E-state index in [1.165, 1.54) is 51.9 Å². The van der Waals surface area contributed by atoms with Gasteiger partial charge >= 0.3 is 11.9 Å². The number of ketones is 3. The molecule has 0 radical (unpaired) electrons. The number of fused-ring (bicyclic) bond motifs is 5. The fraction of sp³-hybridized carbons (Fsp3) is 0.467. The highest BCUT2D eigenvalue weighted by molar-refractivity contribution is 6.35. The predicted octanol–water partition coefficient (Wildman–Crippen LogP) is 13.9. The Hall–Kier alpha value is -7.61. The van der Waals surface area contributed by atoms with Gasteiger partial charge in [0.1, 0.15) is 30.8 Å². The van der Waals surface area contributed by atoms with E-state index < -0.39 is 47.5 Å². The molecule has 0 fully saturated rings. The third kappa shape index (κ3) is 24.2. The van der Waals surface area contributed by atoms with Crippen molar-refractivity contribution in [3.8, 4) is 40.5 Å². The van der Waals surface area contributed by atoms with Crippen molar-refractivity contribution in [1.29, 1.82) is 5.26 Å². The number of rotatable bonds is 27. The Labute approximate surface area is 576 Å². The highest BCUT2D eigenvalue weighted by atomic mass is 35.5. The summed E-state index contributed by atoms with van der Waals surface area (Å²) in [5, 5.41) is 13.2. The number of methoxy groups -OCH3 is 2. The summed E-state index contributed by atoms with van der Waals surface area (Å²) in [5.74, 6) is 2.38. The molecule has 512 valence electrons. The number of nitrogens with two attached hydrogens (primary N) is 3. The molecule has 4 atom stereocenters. The molecule has 95 heavy (non-hydrogen) atoms. The number of ether oxygens (including phenoxy) is 4. The highest BCUT2D eigenvalue weighted by Crippen LogP contribution is 2.41. The van der Waals surface area contributed by atoms with Gasteiger partial charge in [-0.05, 0) is 154 Å². The second kappa shape index (κ2) is 41.4. The molecule has 20 heteroatoms. The van der Waals surface area contributed by atoms with Gasteiger partial charge in [-0.3, -0.25) is 24.0 Å². The second-order valence-electron chi connectivity index (χ2n) is 23.8. The van der Waals surface area contributed by atoms with Crippen molar-refractivity contribution in [1.82, 2.24) is 10.2 Å². The van der Waals surface area contributed by atoms with E-state index in [-0.39, 0.29) is 88.9 Å². The Morgan fingerprint density at radius 1 is 0.684 bits per heavy atom. The summed E-state index contributed by atoms with van der Waals surface area (Å²) < 4.78 is 21.6. The summed E-state index contributed by atoms with van der Waals surface area (Å²) in [4.78, 5) is 94.9. The Morgan fingerprint density at radius 2 is 1.26 bits per heavy atom. The minimum Gasteiger partial charge on any atom is -0.492 e. The van der Waals surface area contributed by atoms with E-state index in [1.807, 2.05) is 64.1 Å². The van der Waals surface area contributed by atoms with Crippen molar-refractivity contribution in [3.63, 3.8) is 0 Å². The standard InChI is InChI=1S/C49H65ClN6O7.C16H19ClO2.C10H11ClO2/c1-5-6-7-8-9-11-33-24-31(2)46(39(50)27-33)42(58)30-36(17-19-52)49(61)56(4)47-35-14-16-45(63-23-21-54)38(29-35)37-26-34(13-15-44(37)62-22-20-53)28-40(41(57)12-10-18-51)55-48(60)32(3)25-43(47)59;1-4-5-6-7-8-9-13-10-12(2)15(14(17)11-13)16(18)19-3;1-6-4-7(2)9(8(11)5-6)10(12)13-3/h13-16,24,26-27,29,32,36,40,47H,5-12,17,19-23,25,28,30,52-54H2,1-4H3,(H,55,60);10-11H,4-7H2,1-3H3;4-5H,1-3H3/t32-,36-,40+,47+;;/m1../s1. The number of likely N-dealkylation sites (N-methyl/N-ethyl adjacent to an activating group) is 1. The Bertz CT molecular complexity index is 3510. The number of amides is 2. The topological polar surface area (TPSA) is 274 Å². The third-order valence-electron chi connectivity index (χ3n) is 16.2. The van der Waals surface area contributed by atoms with Crippen LogP contribution >= 0.6 is 34.8 Å². The molecule has 1 aliphatic heterocycles. The van der Waals surface area contributed by atoms with Crippen LogP contribution in [0.1, 0.15) is 192 Å². The maximum absolute atomic E-state index is 14.7. The average Bonchev–Trinajstić information content (AvgIpc) is 0.786. The van der Waals surface area contributed by atoms with Gasteiger partial charge in [-0.2, -0.15) is 5.26 Å². The minimum atomic E-state index is -1.22. The molecule has 1 heterocycles. The molecule has 6 rings (SSSR count). The van der Waals surface area contributed by atoms with Gasteiger partial charge in [-0.25, -0.2) is 9.59 Å². The molecule has 5 aromatic carbocycles. The Kier molecular flexibility index (Phi) is 34.8. The van der Waals surface area contributed by atoms with Gasteiger partial charge < -0.3 is 46.4 Å². The molecule has 0 saturated heterocycles. The van der Waals surface area contributed by atoms with Gasteiger partial charge in [-0.15, -0.1) is 0 Å². The number of unbranched alkanes of at least 4 members (excludes halogenated alkanes) is 7. The normalized spacial score (nSPS) is 14.5. The summed E-state index contributed by atoms with van der Waals surface area (Å²) in [7, 11) is 4.20. The number of nitrogens with zero attached hydrogens (tertiary/aromatic N) is 2. The van der Waals surface area contributed by atoms with Crippen LogP contribution in [-0.2, 0) is 41.5 Å². The van der Waals surface area contributed by atoms with E-state index in [9.17, 15) is 38.8 Å². The van der Waals surface area contributed by atoms with Crippen LogP contribution in [0, 0.1) is 62.7 Å². The van der Waals surface area contributed by atoms with Crippen LogP contribution < -0.4 is 32.0 Å². The quantitative estimate of drug-likeness (QED) is 0.0165. The summed E-state index contributed by atoms with van der Waals surface area (Å²) in [6.45, 7) is 14.3. The minimum absolute atomic E-state index is 0.0258. The summed E-state index contributed by atoms with van der Waals surface area (Å²) in [6, 6.07) is 21.4. The monoisotopic (exact) mass is 1360 g/mol. The van der Waals surface area contributed by atoms with Crippen molar-refractivity contribution in [2.75, 3.05) is 54.1 Å². The van der Waals surface area contributed by atoms with Crippen molar-refractivity contribution >= 4 is 75.9 Å². The van der Waals surface area contributed by atoms with Crippen LogP contribution in [0.15, 0.2) is 72.8 Å². The van der Waals surface area contributed by atoms with E-state index >= 15 is 0 Å². The zero-order valence-electron chi connectivity index (χ0n) is 56.8. The number of hydrogen-bond donors (Lipinski definition) is 4. The average molecular weight is 1360 g/mol.